The van der Waals surface area contributed by atoms with Crippen LogP contribution in [0, 0.1) is 47.3 Å². The van der Waals surface area contributed by atoms with Crippen LogP contribution < -0.4 is 0 Å². The van der Waals surface area contributed by atoms with Crippen molar-refractivity contribution in [3.05, 3.63) is 6.42 Å². The molecule has 0 saturated heterocycles. The number of rotatable bonds is 0. The third kappa shape index (κ3) is 3.89. The summed E-state index contributed by atoms with van der Waals surface area (Å²) in [6.07, 6.45) is 9.50. The van der Waals surface area contributed by atoms with Crippen molar-refractivity contribution in [1.82, 2.24) is 0 Å². The monoisotopic (exact) mass is 225 g/mol. The van der Waals surface area contributed by atoms with Gasteiger partial charge in [-0.05, 0) is 0 Å². The summed E-state index contributed by atoms with van der Waals surface area (Å²) < 4.78 is 0. The van der Waals surface area contributed by atoms with E-state index in [1.165, 1.54) is 32.1 Å². The molecule has 0 aromatic heterocycles. The molecule has 1 aliphatic carbocycles. The molecule has 0 bridgehead atoms. The molecule has 0 amide bonds. The smallest absolute Gasteiger partial charge is 0 e. The van der Waals surface area contributed by atoms with E-state index in [4.69, 9.17) is 0 Å². The molecule has 1 aliphatic rings. The first-order valence-electron chi connectivity index (χ1n) is 2.82. The molecule has 1 fully saturated rings. The molecule has 0 aromatic rings. The molecule has 0 unspecified atom stereocenters. The Balaban J connectivity index is 0.000000360. The quantitative estimate of drug-likeness (QED) is 0.556. The third-order valence-corrected chi connectivity index (χ3v) is 1.32. The fourth-order valence-electron chi connectivity index (χ4n) is 0.898. The summed E-state index contributed by atoms with van der Waals surface area (Å²) in [5.74, 6) is 0. The van der Waals surface area contributed by atoms with Crippen molar-refractivity contribution in [2.75, 3.05) is 0 Å². The fraction of sp³-hybridized carbons (Fsp3) is 0.833. The molecule has 0 atom stereocenters. The van der Waals surface area contributed by atoms with Gasteiger partial charge in [-0.3, -0.25) is 0 Å². The fourth-order valence-corrected chi connectivity index (χ4v) is 0.898. The first kappa shape index (κ1) is 8.35. The Morgan fingerprint density at radius 1 is 0.857 bits per heavy atom. The second-order valence-electron chi connectivity index (χ2n) is 1.93. The zero-order chi connectivity index (χ0) is 4.24. The molecule has 0 nitrogen and oxygen atoms in total. The van der Waals surface area contributed by atoms with Gasteiger partial charge in [0.05, 0.1) is 0 Å². The Morgan fingerprint density at radius 2 is 1.43 bits per heavy atom. The minimum Gasteiger partial charge on any atom is -0.328 e. The van der Waals surface area contributed by atoms with Crippen molar-refractivity contribution in [3.8, 4) is 0 Å². The first-order chi connectivity index (χ1) is 3.00. The summed E-state index contributed by atoms with van der Waals surface area (Å²) in [4.78, 5) is 0. The van der Waals surface area contributed by atoms with E-state index in [2.05, 4.69) is 6.42 Å². The molecular weight excluding hydrogens is 216 g/mol. The molecule has 0 spiro atoms. The summed E-state index contributed by atoms with van der Waals surface area (Å²) >= 11 is 0. The second kappa shape index (κ2) is 5.49. The van der Waals surface area contributed by atoms with Gasteiger partial charge in [0, 0.05) is 40.8 Å². The Hall–Kier alpha value is 1.35. The summed E-state index contributed by atoms with van der Waals surface area (Å²) in [6, 6.07) is 0. The van der Waals surface area contributed by atoms with E-state index in [0.29, 0.717) is 0 Å². The van der Waals surface area contributed by atoms with E-state index in [-0.39, 0.29) is 40.8 Å². The van der Waals surface area contributed by atoms with Crippen LogP contribution in [0.3, 0.4) is 0 Å². The molecular formula is C6H11Nd-. The summed E-state index contributed by atoms with van der Waals surface area (Å²) in [7, 11) is 0. The van der Waals surface area contributed by atoms with Crippen molar-refractivity contribution >= 4 is 0 Å². The van der Waals surface area contributed by atoms with Crippen molar-refractivity contribution < 1.29 is 40.8 Å². The van der Waals surface area contributed by atoms with E-state index in [1.807, 2.05) is 0 Å². The molecule has 0 N–H and O–H groups in total. The van der Waals surface area contributed by atoms with Gasteiger partial charge in [-0.25, -0.2) is 0 Å². The molecule has 40 valence electrons. The summed E-state index contributed by atoms with van der Waals surface area (Å²) in [6.45, 7) is 0. The van der Waals surface area contributed by atoms with Crippen LogP contribution in [0.25, 0.3) is 0 Å². The van der Waals surface area contributed by atoms with Crippen molar-refractivity contribution in [2.24, 2.45) is 0 Å². The van der Waals surface area contributed by atoms with Gasteiger partial charge in [-0.15, -0.1) is 0 Å². The van der Waals surface area contributed by atoms with E-state index in [1.54, 1.807) is 0 Å². The zero-order valence-electron chi connectivity index (χ0n) is 4.61. The topological polar surface area (TPSA) is 0 Å². The van der Waals surface area contributed by atoms with Crippen molar-refractivity contribution in [1.29, 1.82) is 0 Å². The third-order valence-electron chi connectivity index (χ3n) is 1.32. The van der Waals surface area contributed by atoms with E-state index in [0.717, 1.165) is 0 Å². The maximum absolute atomic E-state index is 2.39. The largest absolute Gasteiger partial charge is 0.328 e. The van der Waals surface area contributed by atoms with Crippen molar-refractivity contribution in [2.45, 2.75) is 32.1 Å². The van der Waals surface area contributed by atoms with Crippen LogP contribution >= 0.6 is 0 Å². The van der Waals surface area contributed by atoms with E-state index >= 15 is 0 Å². The molecule has 0 aromatic carbocycles. The normalized spacial score (nSPS) is 20.6. The number of hydrogen-bond donors (Lipinski definition) is 0. The molecule has 0 aliphatic heterocycles. The molecule has 1 heteroatoms. The van der Waals surface area contributed by atoms with E-state index in [9.17, 15) is 0 Å². The van der Waals surface area contributed by atoms with Crippen LogP contribution in [0.4, 0.5) is 0 Å². The van der Waals surface area contributed by atoms with Gasteiger partial charge in [0.1, 0.15) is 0 Å². The van der Waals surface area contributed by atoms with Crippen molar-refractivity contribution in [3.63, 3.8) is 0 Å². The summed E-state index contributed by atoms with van der Waals surface area (Å²) in [5, 5.41) is 0. The van der Waals surface area contributed by atoms with E-state index < -0.39 is 0 Å². The molecule has 1 rings (SSSR count). The Labute approximate surface area is 78.6 Å². The number of hydrogen-bond acceptors (Lipinski definition) is 0. The van der Waals surface area contributed by atoms with Crippen LogP contribution in [-0.2, 0) is 0 Å². The zero-order valence-corrected chi connectivity index (χ0v) is 7.82. The first-order valence-corrected chi connectivity index (χ1v) is 2.82. The average Bonchev–Trinajstić information content (AvgIpc) is 1.72. The minimum absolute atomic E-state index is 0. The SMILES string of the molecule is [CH-]1CCCCC1.[Nd]. The molecule has 0 heterocycles. The Bertz CT molecular complexity index is 19.7. The standard InChI is InChI=1S/C6H11.Nd/c1-2-4-6-5-3-1;/h1H,2-6H2;/q-1;. The second-order valence-corrected chi connectivity index (χ2v) is 1.93. The minimum atomic E-state index is 0. The van der Waals surface area contributed by atoms with Gasteiger partial charge in [0.25, 0.3) is 0 Å². The molecule has 1 saturated carbocycles. The van der Waals surface area contributed by atoms with Crippen LogP contribution in [0.2, 0.25) is 0 Å². The van der Waals surface area contributed by atoms with Gasteiger partial charge in [-0.2, -0.15) is 12.8 Å². The average molecular weight is 227 g/mol. The van der Waals surface area contributed by atoms with Crippen LogP contribution in [0.1, 0.15) is 32.1 Å². The van der Waals surface area contributed by atoms with Gasteiger partial charge in [-0.1, -0.05) is 19.3 Å². The van der Waals surface area contributed by atoms with Crippen LogP contribution in [0.15, 0.2) is 0 Å². The van der Waals surface area contributed by atoms with Gasteiger partial charge in [0.15, 0.2) is 0 Å². The summed E-state index contributed by atoms with van der Waals surface area (Å²) in [5.41, 5.74) is 0. The Kier molecular flexibility index (Phi) is 6.55. The maximum Gasteiger partial charge on any atom is 0 e. The van der Waals surface area contributed by atoms with Crippen LogP contribution in [-0.4, -0.2) is 0 Å². The molecule has 0 radical (unpaired) electrons. The molecule has 7 heavy (non-hydrogen) atoms. The van der Waals surface area contributed by atoms with Gasteiger partial charge in [0.2, 0.25) is 0 Å². The predicted octanol–water partition coefficient (Wildman–Crippen LogP) is 2.15. The maximum atomic E-state index is 2.39. The Morgan fingerprint density at radius 3 is 1.57 bits per heavy atom. The van der Waals surface area contributed by atoms with Gasteiger partial charge < -0.3 is 6.42 Å². The predicted molar refractivity (Wildman–Crippen MR) is 27.4 cm³/mol. The van der Waals surface area contributed by atoms with Gasteiger partial charge >= 0.3 is 0 Å². The van der Waals surface area contributed by atoms with Crippen LogP contribution in [0.5, 0.6) is 0 Å².